The van der Waals surface area contributed by atoms with E-state index in [2.05, 4.69) is 15.3 Å². The molecular formula is C16H22F3N3O. The van der Waals surface area contributed by atoms with Gasteiger partial charge in [-0.15, -0.1) is 0 Å². The lowest BCUT2D eigenvalue weighted by Crippen LogP contribution is -2.26. The Labute approximate surface area is 134 Å². The van der Waals surface area contributed by atoms with Gasteiger partial charge in [0.05, 0.1) is 12.8 Å². The van der Waals surface area contributed by atoms with Crippen LogP contribution in [0.25, 0.3) is 0 Å². The lowest BCUT2D eigenvalue weighted by Gasteiger charge is -2.28. The van der Waals surface area contributed by atoms with Crippen LogP contribution < -0.4 is 10.1 Å². The quantitative estimate of drug-likeness (QED) is 0.825. The number of alkyl halides is 3. The standard InChI is InChI=1S/C16H22F3N3O/c1-3-13-14(23-2)15(21-10-20-13)22-12-6-4-11(5-7-12)8-9-16(17,18)19/h8-12H,3-7H2,1-2H3,(H,20,21,22). The minimum absolute atomic E-state index is 0.00632. The normalized spacial score (nSPS) is 22.3. The van der Waals surface area contributed by atoms with E-state index in [-0.39, 0.29) is 12.0 Å². The van der Waals surface area contributed by atoms with Gasteiger partial charge in [-0.25, -0.2) is 9.97 Å². The van der Waals surface area contributed by atoms with Gasteiger partial charge in [0.15, 0.2) is 11.6 Å². The largest absolute Gasteiger partial charge is 0.491 e. The molecule has 1 aliphatic rings. The molecule has 0 saturated heterocycles. The fourth-order valence-corrected chi connectivity index (χ4v) is 2.87. The molecule has 0 spiro atoms. The second kappa shape index (κ2) is 7.66. The van der Waals surface area contributed by atoms with Gasteiger partial charge in [0.2, 0.25) is 0 Å². The minimum atomic E-state index is -4.22. The summed E-state index contributed by atoms with van der Waals surface area (Å²) >= 11 is 0. The molecule has 4 nitrogen and oxygen atoms in total. The molecule has 1 N–H and O–H groups in total. The molecule has 1 aromatic heterocycles. The van der Waals surface area contributed by atoms with Crippen LogP contribution >= 0.6 is 0 Å². The monoisotopic (exact) mass is 329 g/mol. The number of aryl methyl sites for hydroxylation is 1. The third-order valence-electron chi connectivity index (χ3n) is 4.09. The van der Waals surface area contributed by atoms with E-state index >= 15 is 0 Å². The van der Waals surface area contributed by atoms with Crippen LogP contribution in [0.1, 0.15) is 38.3 Å². The van der Waals surface area contributed by atoms with Gasteiger partial charge in [-0.1, -0.05) is 13.0 Å². The number of halogens is 3. The smallest absolute Gasteiger partial charge is 0.409 e. The first-order valence-electron chi connectivity index (χ1n) is 7.83. The van der Waals surface area contributed by atoms with Gasteiger partial charge in [-0.2, -0.15) is 13.2 Å². The first-order chi connectivity index (χ1) is 10.9. The lowest BCUT2D eigenvalue weighted by molar-refractivity contribution is -0.0803. The van der Waals surface area contributed by atoms with Gasteiger partial charge in [0.25, 0.3) is 0 Å². The molecule has 0 atom stereocenters. The first kappa shape index (κ1) is 17.6. The molecule has 1 heterocycles. The zero-order valence-electron chi connectivity index (χ0n) is 13.4. The Morgan fingerprint density at radius 2 is 1.96 bits per heavy atom. The molecule has 1 aliphatic carbocycles. The van der Waals surface area contributed by atoms with Gasteiger partial charge in [-0.3, -0.25) is 0 Å². The maximum absolute atomic E-state index is 12.2. The van der Waals surface area contributed by atoms with Crippen molar-refractivity contribution in [2.75, 3.05) is 12.4 Å². The molecule has 23 heavy (non-hydrogen) atoms. The number of hydrogen-bond donors (Lipinski definition) is 1. The average molecular weight is 329 g/mol. The Hall–Kier alpha value is -1.79. The Morgan fingerprint density at radius 3 is 2.52 bits per heavy atom. The predicted molar refractivity (Wildman–Crippen MR) is 82.5 cm³/mol. The topological polar surface area (TPSA) is 47.0 Å². The molecule has 7 heteroatoms. The number of allylic oxidation sites excluding steroid dienone is 2. The van der Waals surface area contributed by atoms with Gasteiger partial charge >= 0.3 is 6.18 Å². The highest BCUT2D eigenvalue weighted by Crippen LogP contribution is 2.31. The molecule has 1 fully saturated rings. The summed E-state index contributed by atoms with van der Waals surface area (Å²) in [7, 11) is 1.59. The maximum Gasteiger partial charge on any atom is 0.409 e. The number of methoxy groups -OCH3 is 1. The van der Waals surface area contributed by atoms with Crippen LogP contribution in [-0.2, 0) is 6.42 Å². The van der Waals surface area contributed by atoms with Crippen LogP contribution in [0.2, 0.25) is 0 Å². The predicted octanol–water partition coefficient (Wildman–Crippen LogP) is 4.14. The Bertz CT molecular complexity index is 538. The van der Waals surface area contributed by atoms with Crippen LogP contribution in [0.4, 0.5) is 19.0 Å². The molecule has 0 radical (unpaired) electrons. The molecule has 0 amide bonds. The summed E-state index contributed by atoms with van der Waals surface area (Å²) in [5.74, 6) is 1.30. The van der Waals surface area contributed by atoms with E-state index in [1.807, 2.05) is 6.92 Å². The van der Waals surface area contributed by atoms with Crippen molar-refractivity contribution in [2.24, 2.45) is 5.92 Å². The van der Waals surface area contributed by atoms with Crippen LogP contribution in [0.5, 0.6) is 5.75 Å². The number of aromatic nitrogens is 2. The van der Waals surface area contributed by atoms with Crippen molar-refractivity contribution in [3.8, 4) is 5.75 Å². The van der Waals surface area contributed by atoms with Gasteiger partial charge < -0.3 is 10.1 Å². The molecule has 0 aromatic carbocycles. The summed E-state index contributed by atoms with van der Waals surface area (Å²) in [5.41, 5.74) is 0.840. The molecule has 0 aliphatic heterocycles. The Kier molecular flexibility index (Phi) is 5.85. The second-order valence-corrected chi connectivity index (χ2v) is 5.71. The van der Waals surface area contributed by atoms with E-state index < -0.39 is 6.18 Å². The number of nitrogens with one attached hydrogen (secondary N) is 1. The lowest BCUT2D eigenvalue weighted by atomic mass is 9.86. The molecule has 128 valence electrons. The van der Waals surface area contributed by atoms with Crippen molar-refractivity contribution in [1.29, 1.82) is 0 Å². The number of anilines is 1. The van der Waals surface area contributed by atoms with Crippen molar-refractivity contribution >= 4 is 5.82 Å². The van der Waals surface area contributed by atoms with Crippen molar-refractivity contribution in [3.63, 3.8) is 0 Å². The van der Waals surface area contributed by atoms with Gasteiger partial charge in [0, 0.05) is 12.1 Å². The number of nitrogens with zero attached hydrogens (tertiary/aromatic N) is 2. The van der Waals surface area contributed by atoms with Crippen LogP contribution in [0.3, 0.4) is 0 Å². The first-order valence-corrected chi connectivity index (χ1v) is 7.83. The minimum Gasteiger partial charge on any atom is -0.491 e. The van der Waals surface area contributed by atoms with Crippen molar-refractivity contribution < 1.29 is 17.9 Å². The highest BCUT2D eigenvalue weighted by molar-refractivity contribution is 5.52. The van der Waals surface area contributed by atoms with E-state index in [0.717, 1.165) is 37.8 Å². The molecule has 0 bridgehead atoms. The van der Waals surface area contributed by atoms with Crippen LogP contribution in [0, 0.1) is 5.92 Å². The third-order valence-corrected chi connectivity index (χ3v) is 4.09. The van der Waals surface area contributed by atoms with Crippen molar-refractivity contribution in [3.05, 3.63) is 24.2 Å². The average Bonchev–Trinajstić information content (AvgIpc) is 2.53. The summed E-state index contributed by atoms with van der Waals surface area (Å²) in [6.45, 7) is 1.99. The SMILES string of the molecule is CCc1ncnc(NC2CCC(C=CC(F)(F)F)CC2)c1OC. The molecule has 1 saturated carbocycles. The summed E-state index contributed by atoms with van der Waals surface area (Å²) in [6.07, 6.45) is 2.75. The molecule has 2 rings (SSSR count). The fraction of sp³-hybridized carbons (Fsp3) is 0.625. The van der Waals surface area contributed by atoms with Crippen molar-refractivity contribution in [1.82, 2.24) is 9.97 Å². The van der Waals surface area contributed by atoms with Gasteiger partial charge in [-0.05, 0) is 38.0 Å². The number of rotatable bonds is 5. The Morgan fingerprint density at radius 1 is 1.26 bits per heavy atom. The molecule has 0 unspecified atom stereocenters. The third kappa shape index (κ3) is 5.11. The number of hydrogen-bond acceptors (Lipinski definition) is 4. The van der Waals surface area contributed by atoms with Crippen LogP contribution in [0.15, 0.2) is 18.5 Å². The van der Waals surface area contributed by atoms with E-state index in [1.165, 1.54) is 12.4 Å². The summed E-state index contributed by atoms with van der Waals surface area (Å²) in [4.78, 5) is 8.42. The van der Waals surface area contributed by atoms with E-state index in [1.54, 1.807) is 7.11 Å². The zero-order chi connectivity index (χ0) is 16.9. The van der Waals surface area contributed by atoms with Crippen molar-refractivity contribution in [2.45, 2.75) is 51.2 Å². The fourth-order valence-electron chi connectivity index (χ4n) is 2.87. The van der Waals surface area contributed by atoms with Crippen LogP contribution in [-0.4, -0.2) is 29.3 Å². The van der Waals surface area contributed by atoms with E-state index in [4.69, 9.17) is 4.74 Å². The highest BCUT2D eigenvalue weighted by Gasteiger charge is 2.25. The maximum atomic E-state index is 12.2. The molecule has 1 aromatic rings. The summed E-state index contributed by atoms with van der Waals surface area (Å²) in [6, 6.07) is 0.194. The second-order valence-electron chi connectivity index (χ2n) is 5.71. The highest BCUT2D eigenvalue weighted by atomic mass is 19.4. The van der Waals surface area contributed by atoms with E-state index in [9.17, 15) is 13.2 Å². The number of ether oxygens (including phenoxy) is 1. The zero-order valence-corrected chi connectivity index (χ0v) is 13.4. The summed E-state index contributed by atoms with van der Waals surface area (Å²) < 4.78 is 42.0. The Balaban J connectivity index is 1.93. The van der Waals surface area contributed by atoms with E-state index in [0.29, 0.717) is 17.6 Å². The van der Waals surface area contributed by atoms with Gasteiger partial charge in [0.1, 0.15) is 6.33 Å². The molecular weight excluding hydrogens is 307 g/mol. The summed E-state index contributed by atoms with van der Waals surface area (Å²) in [5, 5.41) is 3.35.